The van der Waals surface area contributed by atoms with E-state index < -0.39 is 0 Å². The first kappa shape index (κ1) is 11.4. The molecule has 0 unspecified atom stereocenters. The highest BCUT2D eigenvalue weighted by Gasteiger charge is 2.18. The van der Waals surface area contributed by atoms with E-state index >= 15 is 0 Å². The van der Waals surface area contributed by atoms with E-state index in [4.69, 9.17) is 5.21 Å². The van der Waals surface area contributed by atoms with Crippen LogP contribution in [0.15, 0.2) is 21.3 Å². The summed E-state index contributed by atoms with van der Waals surface area (Å²) in [7, 11) is 1.90. The third-order valence-corrected chi connectivity index (χ3v) is 3.82. The van der Waals surface area contributed by atoms with E-state index in [1.54, 1.807) is 11.1 Å². The van der Waals surface area contributed by atoms with Gasteiger partial charge in [-0.2, -0.15) is 0 Å². The van der Waals surface area contributed by atoms with Crippen LogP contribution < -0.4 is 0 Å². The van der Waals surface area contributed by atoms with Crippen LogP contribution in [0.2, 0.25) is 0 Å². The molecule has 2 aliphatic carbocycles. The van der Waals surface area contributed by atoms with E-state index in [0.29, 0.717) is 0 Å². The number of nitrogens with zero attached hydrogens (tertiary/aromatic N) is 2. The lowest BCUT2D eigenvalue weighted by molar-refractivity contribution is 0.315. The second-order valence-corrected chi connectivity index (χ2v) is 4.66. The van der Waals surface area contributed by atoms with Gasteiger partial charge in [0.1, 0.15) is 0 Å². The highest BCUT2D eigenvalue weighted by molar-refractivity contribution is 5.86. The van der Waals surface area contributed by atoms with Crippen LogP contribution in [0.4, 0.5) is 0 Å². The van der Waals surface area contributed by atoms with Gasteiger partial charge in [-0.3, -0.25) is 4.99 Å². The van der Waals surface area contributed by atoms with Crippen LogP contribution in [0.3, 0.4) is 0 Å². The Morgan fingerprint density at radius 1 is 0.750 bits per heavy atom. The van der Waals surface area contributed by atoms with Gasteiger partial charge in [0.25, 0.3) is 0 Å². The van der Waals surface area contributed by atoms with Crippen LogP contribution in [0.1, 0.15) is 51.4 Å². The molecule has 0 saturated heterocycles. The molecule has 0 aromatic carbocycles. The minimum absolute atomic E-state index is 0.948. The van der Waals surface area contributed by atoms with Gasteiger partial charge in [-0.1, -0.05) is 16.3 Å². The summed E-state index contributed by atoms with van der Waals surface area (Å²) in [5.74, 6) is 0. The van der Waals surface area contributed by atoms with Crippen LogP contribution in [0.25, 0.3) is 0 Å². The molecule has 0 radical (unpaired) electrons. The molecule has 0 atom stereocenters. The first-order chi connectivity index (χ1) is 7.83. The van der Waals surface area contributed by atoms with E-state index in [9.17, 15) is 0 Å². The summed E-state index contributed by atoms with van der Waals surface area (Å²) in [4.78, 5) is 4.29. The molecule has 0 bridgehead atoms. The van der Waals surface area contributed by atoms with Gasteiger partial charge in [-0.05, 0) is 51.4 Å². The quantitative estimate of drug-likeness (QED) is 0.380. The van der Waals surface area contributed by atoms with Gasteiger partial charge in [-0.15, -0.1) is 0 Å². The Hall–Kier alpha value is -1.12. The SMILES string of the molecule is CN=C1CCC(=C2CCC(=NO)CC2)CC1. The van der Waals surface area contributed by atoms with Gasteiger partial charge in [0, 0.05) is 12.8 Å². The molecular weight excluding hydrogens is 200 g/mol. The third kappa shape index (κ3) is 2.52. The molecule has 0 aromatic heterocycles. The second-order valence-electron chi connectivity index (χ2n) is 4.66. The Balaban J connectivity index is 1.97. The van der Waals surface area contributed by atoms with E-state index in [2.05, 4.69) is 10.1 Å². The van der Waals surface area contributed by atoms with Crippen LogP contribution in [-0.4, -0.2) is 23.7 Å². The number of rotatable bonds is 0. The summed E-state index contributed by atoms with van der Waals surface area (Å²) in [5.41, 5.74) is 5.63. The zero-order valence-electron chi connectivity index (χ0n) is 10.00. The normalized spacial score (nSPS) is 22.3. The summed E-state index contributed by atoms with van der Waals surface area (Å²) in [5, 5.41) is 12.0. The lowest BCUT2D eigenvalue weighted by atomic mass is 9.83. The summed E-state index contributed by atoms with van der Waals surface area (Å²) in [6, 6.07) is 0. The van der Waals surface area contributed by atoms with Crippen molar-refractivity contribution in [3.8, 4) is 0 Å². The van der Waals surface area contributed by atoms with Crippen molar-refractivity contribution in [2.75, 3.05) is 7.05 Å². The molecule has 16 heavy (non-hydrogen) atoms. The van der Waals surface area contributed by atoms with Crippen molar-refractivity contribution in [1.29, 1.82) is 0 Å². The molecular formula is C13H20N2O. The first-order valence-corrected chi connectivity index (χ1v) is 6.17. The maximum atomic E-state index is 8.71. The topological polar surface area (TPSA) is 45.0 Å². The summed E-state index contributed by atoms with van der Waals surface area (Å²) >= 11 is 0. The predicted molar refractivity (Wildman–Crippen MR) is 66.5 cm³/mol. The van der Waals surface area contributed by atoms with Crippen molar-refractivity contribution in [3.63, 3.8) is 0 Å². The number of oxime groups is 1. The highest BCUT2D eigenvalue weighted by atomic mass is 16.4. The molecule has 0 aliphatic heterocycles. The highest BCUT2D eigenvalue weighted by Crippen LogP contribution is 2.31. The molecule has 3 nitrogen and oxygen atoms in total. The number of allylic oxidation sites excluding steroid dienone is 2. The van der Waals surface area contributed by atoms with Gasteiger partial charge in [-0.25, -0.2) is 0 Å². The van der Waals surface area contributed by atoms with E-state index in [0.717, 1.165) is 44.2 Å². The van der Waals surface area contributed by atoms with E-state index in [1.165, 1.54) is 18.6 Å². The Kier molecular flexibility index (Phi) is 3.75. The van der Waals surface area contributed by atoms with Crippen molar-refractivity contribution >= 4 is 11.4 Å². The second kappa shape index (κ2) is 5.28. The molecule has 2 rings (SSSR count). The molecule has 0 aromatic rings. The Morgan fingerprint density at radius 3 is 1.56 bits per heavy atom. The fraction of sp³-hybridized carbons (Fsp3) is 0.692. The third-order valence-electron chi connectivity index (χ3n) is 3.82. The minimum Gasteiger partial charge on any atom is -0.411 e. The smallest absolute Gasteiger partial charge is 0.0577 e. The molecule has 0 amide bonds. The molecule has 2 saturated carbocycles. The Morgan fingerprint density at radius 2 is 1.19 bits per heavy atom. The Bertz CT molecular complexity index is 295. The number of hydrogen-bond donors (Lipinski definition) is 1. The van der Waals surface area contributed by atoms with Gasteiger partial charge < -0.3 is 5.21 Å². The van der Waals surface area contributed by atoms with Crippen molar-refractivity contribution < 1.29 is 5.21 Å². The molecule has 0 heterocycles. The lowest BCUT2D eigenvalue weighted by Gasteiger charge is -2.23. The lowest BCUT2D eigenvalue weighted by Crippen LogP contribution is -2.13. The van der Waals surface area contributed by atoms with Crippen molar-refractivity contribution in [2.45, 2.75) is 51.4 Å². The van der Waals surface area contributed by atoms with E-state index in [1.807, 2.05) is 7.05 Å². The van der Waals surface area contributed by atoms with Crippen molar-refractivity contribution in [2.24, 2.45) is 10.1 Å². The Labute approximate surface area is 97.0 Å². The van der Waals surface area contributed by atoms with Crippen molar-refractivity contribution in [3.05, 3.63) is 11.1 Å². The molecule has 3 heteroatoms. The van der Waals surface area contributed by atoms with Gasteiger partial charge in [0.15, 0.2) is 0 Å². The zero-order valence-corrected chi connectivity index (χ0v) is 10.00. The van der Waals surface area contributed by atoms with Gasteiger partial charge >= 0.3 is 0 Å². The maximum absolute atomic E-state index is 8.71. The standard InChI is InChI=1S/C13H20N2O/c1-14-12-6-2-10(3-7-12)11-4-8-13(15-16)9-5-11/h16H,2-9H2,1H3. The fourth-order valence-electron chi connectivity index (χ4n) is 2.71. The monoisotopic (exact) mass is 220 g/mol. The first-order valence-electron chi connectivity index (χ1n) is 6.17. The largest absolute Gasteiger partial charge is 0.411 e. The average molecular weight is 220 g/mol. The van der Waals surface area contributed by atoms with E-state index in [-0.39, 0.29) is 0 Å². The minimum atomic E-state index is 0.948. The average Bonchev–Trinajstić information content (AvgIpc) is 2.39. The maximum Gasteiger partial charge on any atom is 0.0577 e. The zero-order chi connectivity index (χ0) is 11.4. The number of aliphatic imine (C=N–C) groups is 1. The van der Waals surface area contributed by atoms with Crippen molar-refractivity contribution in [1.82, 2.24) is 0 Å². The molecule has 0 spiro atoms. The van der Waals surface area contributed by atoms with Crippen LogP contribution in [0, 0.1) is 0 Å². The summed E-state index contributed by atoms with van der Waals surface area (Å²) in [6.07, 6.45) is 8.81. The predicted octanol–water partition coefficient (Wildman–Crippen LogP) is 3.33. The van der Waals surface area contributed by atoms with Crippen LogP contribution in [-0.2, 0) is 0 Å². The molecule has 2 aliphatic rings. The summed E-state index contributed by atoms with van der Waals surface area (Å²) < 4.78 is 0. The molecule has 1 N–H and O–H groups in total. The number of hydrogen-bond acceptors (Lipinski definition) is 3. The summed E-state index contributed by atoms with van der Waals surface area (Å²) in [6.45, 7) is 0. The van der Waals surface area contributed by atoms with Crippen LogP contribution >= 0.6 is 0 Å². The molecule has 2 fully saturated rings. The van der Waals surface area contributed by atoms with Gasteiger partial charge in [0.2, 0.25) is 0 Å². The molecule has 88 valence electrons. The van der Waals surface area contributed by atoms with Crippen LogP contribution in [0.5, 0.6) is 0 Å². The van der Waals surface area contributed by atoms with Gasteiger partial charge in [0.05, 0.1) is 5.71 Å². The fourth-order valence-corrected chi connectivity index (χ4v) is 2.71.